The average molecular weight is 540 g/mol. The highest BCUT2D eigenvalue weighted by Crippen LogP contribution is 2.33. The molecule has 3 aromatic carbocycles. The third kappa shape index (κ3) is 5.32. The maximum absolute atomic E-state index is 13.9. The first-order valence-electron chi connectivity index (χ1n) is 12.0. The number of hydrogen-bond donors (Lipinski definition) is 1. The van der Waals surface area contributed by atoms with Crippen LogP contribution in [0.25, 0.3) is 26.3 Å². The second-order valence-electron chi connectivity index (χ2n) is 8.99. The number of carbonyl (C=O) groups is 2. The zero-order valence-electron chi connectivity index (χ0n) is 21.1. The molecular weight excluding hydrogens is 514 g/mol. The minimum Gasteiger partial charge on any atom is -0.325 e. The van der Waals surface area contributed by atoms with E-state index in [1.165, 1.54) is 30.0 Å². The Kier molecular flexibility index (Phi) is 7.26. The molecule has 6 nitrogen and oxygen atoms in total. The lowest BCUT2D eigenvalue weighted by Crippen LogP contribution is -2.23. The van der Waals surface area contributed by atoms with Gasteiger partial charge in [0.25, 0.3) is 5.56 Å². The Morgan fingerprint density at radius 1 is 0.974 bits per heavy atom. The van der Waals surface area contributed by atoms with Crippen LogP contribution in [-0.2, 0) is 4.79 Å². The van der Waals surface area contributed by atoms with Gasteiger partial charge in [0.15, 0.2) is 10.9 Å². The number of nitrogens with zero attached hydrogens (tertiary/aromatic N) is 2. The molecule has 0 unspecified atom stereocenters. The molecule has 0 aliphatic carbocycles. The number of rotatable bonds is 7. The first-order chi connectivity index (χ1) is 18.3. The molecule has 0 radical (unpaired) electrons. The van der Waals surface area contributed by atoms with Crippen molar-refractivity contribution in [2.24, 2.45) is 0 Å². The molecule has 0 spiro atoms. The van der Waals surface area contributed by atoms with Crippen LogP contribution in [-0.4, -0.2) is 27.0 Å². The summed E-state index contributed by atoms with van der Waals surface area (Å²) in [4.78, 5) is 44.0. The van der Waals surface area contributed by atoms with Crippen LogP contribution < -0.4 is 10.9 Å². The van der Waals surface area contributed by atoms with Gasteiger partial charge in [-0.3, -0.25) is 19.0 Å². The summed E-state index contributed by atoms with van der Waals surface area (Å²) in [6.07, 6.45) is 0. The van der Waals surface area contributed by atoms with E-state index in [2.05, 4.69) is 5.32 Å². The van der Waals surface area contributed by atoms with Gasteiger partial charge in [-0.25, -0.2) is 4.98 Å². The van der Waals surface area contributed by atoms with Gasteiger partial charge < -0.3 is 5.32 Å². The lowest BCUT2D eigenvalue weighted by molar-refractivity contribution is -0.113. The number of carbonyl (C=O) groups excluding carboxylic acids is 2. The third-order valence-electron chi connectivity index (χ3n) is 6.09. The molecule has 38 heavy (non-hydrogen) atoms. The van der Waals surface area contributed by atoms with Crippen molar-refractivity contribution in [2.45, 2.75) is 25.9 Å². The van der Waals surface area contributed by atoms with Gasteiger partial charge in [0, 0.05) is 16.1 Å². The fourth-order valence-electron chi connectivity index (χ4n) is 4.09. The number of thioether (sulfide) groups is 1. The number of amides is 1. The number of ketones is 1. The molecule has 0 aliphatic rings. The van der Waals surface area contributed by atoms with E-state index in [0.29, 0.717) is 26.6 Å². The van der Waals surface area contributed by atoms with Crippen LogP contribution in [0.15, 0.2) is 88.8 Å². The van der Waals surface area contributed by atoms with Crippen LogP contribution >= 0.6 is 23.1 Å². The molecule has 190 valence electrons. The highest BCUT2D eigenvalue weighted by molar-refractivity contribution is 7.99. The number of hydrogen-bond acceptors (Lipinski definition) is 6. The van der Waals surface area contributed by atoms with Crippen molar-refractivity contribution in [3.63, 3.8) is 0 Å². The summed E-state index contributed by atoms with van der Waals surface area (Å²) in [5.74, 6) is -0.205. The van der Waals surface area contributed by atoms with E-state index in [1.807, 2.05) is 68.4 Å². The molecular formula is C30H25N3O3S2. The molecule has 0 saturated heterocycles. The number of thiophene rings is 1. The van der Waals surface area contributed by atoms with E-state index in [-0.39, 0.29) is 23.0 Å². The highest BCUT2D eigenvalue weighted by Gasteiger charge is 2.19. The monoisotopic (exact) mass is 539 g/mol. The lowest BCUT2D eigenvalue weighted by Gasteiger charge is -2.15. The predicted octanol–water partition coefficient (Wildman–Crippen LogP) is 6.66. The molecule has 0 atom stereocenters. The van der Waals surface area contributed by atoms with Crippen molar-refractivity contribution in [1.82, 2.24) is 9.55 Å². The fraction of sp³-hybridized carbons (Fsp3) is 0.133. The maximum atomic E-state index is 13.9. The quantitative estimate of drug-likeness (QED) is 0.142. The lowest BCUT2D eigenvalue weighted by atomic mass is 10.1. The van der Waals surface area contributed by atoms with E-state index in [0.717, 1.165) is 27.3 Å². The normalized spacial score (nSPS) is 11.0. The van der Waals surface area contributed by atoms with Gasteiger partial charge in [-0.1, -0.05) is 54.2 Å². The van der Waals surface area contributed by atoms with Crippen LogP contribution in [0, 0.1) is 13.8 Å². The van der Waals surface area contributed by atoms with Crippen molar-refractivity contribution in [3.8, 4) is 16.1 Å². The minimum absolute atomic E-state index is 0.0341. The van der Waals surface area contributed by atoms with E-state index in [9.17, 15) is 14.4 Å². The van der Waals surface area contributed by atoms with Crippen molar-refractivity contribution >= 4 is 50.7 Å². The van der Waals surface area contributed by atoms with Crippen molar-refractivity contribution in [1.29, 1.82) is 0 Å². The summed E-state index contributed by atoms with van der Waals surface area (Å²) in [7, 11) is 0. The number of anilines is 1. The first kappa shape index (κ1) is 25.6. The van der Waals surface area contributed by atoms with E-state index >= 15 is 0 Å². The summed E-state index contributed by atoms with van der Waals surface area (Å²) in [6.45, 7) is 5.44. The van der Waals surface area contributed by atoms with Gasteiger partial charge in [-0.15, -0.1) is 11.3 Å². The van der Waals surface area contributed by atoms with Crippen molar-refractivity contribution in [2.75, 3.05) is 11.1 Å². The molecule has 1 amide bonds. The molecule has 0 bridgehead atoms. The molecule has 1 N–H and O–H groups in total. The molecule has 0 fully saturated rings. The van der Waals surface area contributed by atoms with Crippen molar-refractivity contribution < 1.29 is 9.59 Å². The van der Waals surface area contributed by atoms with Crippen LogP contribution in [0.5, 0.6) is 0 Å². The SMILES string of the molecule is CC(=O)c1ccc(NC(=O)CSc2nc3cc(-c4ccccc4)sc3c(=O)n2-c2cc(C)ccc2C)cc1. The van der Waals surface area contributed by atoms with Crippen molar-refractivity contribution in [3.05, 3.63) is 106 Å². The largest absolute Gasteiger partial charge is 0.325 e. The van der Waals surface area contributed by atoms with E-state index in [4.69, 9.17) is 4.98 Å². The Morgan fingerprint density at radius 2 is 1.71 bits per heavy atom. The summed E-state index contributed by atoms with van der Waals surface area (Å²) in [6, 6.07) is 24.6. The summed E-state index contributed by atoms with van der Waals surface area (Å²) in [5, 5.41) is 3.31. The Bertz CT molecular complexity index is 1720. The third-order valence-corrected chi connectivity index (χ3v) is 8.19. The van der Waals surface area contributed by atoms with Gasteiger partial charge in [0.05, 0.1) is 17.0 Å². The zero-order chi connectivity index (χ0) is 26.8. The van der Waals surface area contributed by atoms with Crippen LogP contribution in [0.4, 0.5) is 5.69 Å². The maximum Gasteiger partial charge on any atom is 0.276 e. The van der Waals surface area contributed by atoms with Gasteiger partial charge >= 0.3 is 0 Å². The van der Waals surface area contributed by atoms with Gasteiger partial charge in [0.1, 0.15) is 4.70 Å². The Morgan fingerprint density at radius 3 is 2.42 bits per heavy atom. The average Bonchev–Trinajstić information content (AvgIpc) is 3.35. The second-order valence-corrected chi connectivity index (χ2v) is 11.0. The van der Waals surface area contributed by atoms with E-state index in [1.54, 1.807) is 28.8 Å². The molecule has 2 heterocycles. The van der Waals surface area contributed by atoms with Gasteiger partial charge in [-0.2, -0.15) is 0 Å². The Labute approximate surface area is 228 Å². The Balaban J connectivity index is 1.51. The first-order valence-corrected chi connectivity index (χ1v) is 13.8. The predicted molar refractivity (Wildman–Crippen MR) is 156 cm³/mol. The smallest absolute Gasteiger partial charge is 0.276 e. The molecule has 0 aliphatic heterocycles. The van der Waals surface area contributed by atoms with Gasteiger partial charge in [-0.05, 0) is 73.9 Å². The zero-order valence-corrected chi connectivity index (χ0v) is 22.8. The standard InChI is InChI=1S/C30H25N3O3S2/c1-18-9-10-19(2)25(15-18)33-29(36)28-24(16-26(38-28)22-7-5-4-6-8-22)32-30(33)37-17-27(35)31-23-13-11-21(12-14-23)20(3)34/h4-16H,17H2,1-3H3,(H,31,35). The number of benzene rings is 3. The van der Waals surface area contributed by atoms with Gasteiger partial charge in [0.2, 0.25) is 5.91 Å². The van der Waals surface area contributed by atoms with Crippen LogP contribution in [0.2, 0.25) is 0 Å². The number of nitrogens with one attached hydrogen (secondary N) is 1. The number of aromatic nitrogens is 2. The number of Topliss-reactive ketones (excluding diaryl/α,β-unsaturated/α-hetero) is 1. The summed E-state index contributed by atoms with van der Waals surface area (Å²) >= 11 is 2.64. The summed E-state index contributed by atoms with van der Waals surface area (Å²) < 4.78 is 2.19. The fourth-order valence-corrected chi connectivity index (χ4v) is 5.93. The number of aryl methyl sites for hydroxylation is 2. The molecule has 5 rings (SSSR count). The molecule has 5 aromatic rings. The molecule has 2 aromatic heterocycles. The highest BCUT2D eigenvalue weighted by atomic mass is 32.2. The Hall–Kier alpha value is -4.01. The van der Waals surface area contributed by atoms with Crippen LogP contribution in [0.3, 0.4) is 0 Å². The second kappa shape index (κ2) is 10.8. The topological polar surface area (TPSA) is 81.1 Å². The summed E-state index contributed by atoms with van der Waals surface area (Å²) in [5.41, 5.74) is 5.38. The number of fused-ring (bicyclic) bond motifs is 1. The molecule has 0 saturated carbocycles. The minimum atomic E-state index is -0.234. The van der Waals surface area contributed by atoms with E-state index < -0.39 is 0 Å². The molecule has 8 heteroatoms. The van der Waals surface area contributed by atoms with Crippen LogP contribution in [0.1, 0.15) is 28.4 Å².